The van der Waals surface area contributed by atoms with Crippen molar-refractivity contribution in [2.75, 3.05) is 5.32 Å². The van der Waals surface area contributed by atoms with E-state index in [9.17, 15) is 9.59 Å². The number of hydrogen-bond donors (Lipinski definition) is 1. The van der Waals surface area contributed by atoms with Crippen LogP contribution in [0.15, 0.2) is 64.2 Å². The zero-order chi connectivity index (χ0) is 19.0. The number of carbonyl (C=O) groups excluding carboxylic acids is 1. The molecule has 7 nitrogen and oxygen atoms in total. The molecule has 0 aliphatic rings. The maximum absolute atomic E-state index is 12.7. The van der Waals surface area contributed by atoms with Gasteiger partial charge in [0.2, 0.25) is 5.88 Å². The highest BCUT2D eigenvalue weighted by Gasteiger charge is 2.18. The molecule has 4 aromatic rings. The molecule has 0 bridgehead atoms. The van der Waals surface area contributed by atoms with Crippen molar-refractivity contribution in [3.63, 3.8) is 0 Å². The molecule has 4 rings (SSSR count). The van der Waals surface area contributed by atoms with Gasteiger partial charge >= 0.3 is 0 Å². The number of rotatable bonds is 3. The predicted octanol–water partition coefficient (Wildman–Crippen LogP) is 3.15. The van der Waals surface area contributed by atoms with Crippen LogP contribution in [0.4, 0.5) is 5.88 Å². The summed E-state index contributed by atoms with van der Waals surface area (Å²) in [6.07, 6.45) is 1.43. The van der Waals surface area contributed by atoms with Crippen LogP contribution in [0.1, 0.15) is 16.1 Å². The van der Waals surface area contributed by atoms with E-state index >= 15 is 0 Å². The van der Waals surface area contributed by atoms with Crippen LogP contribution >= 0.6 is 0 Å². The van der Waals surface area contributed by atoms with Gasteiger partial charge in [0, 0.05) is 12.6 Å². The summed E-state index contributed by atoms with van der Waals surface area (Å²) in [5.41, 5.74) is 2.98. The number of aryl methyl sites for hydroxylation is 2. The lowest BCUT2D eigenvalue weighted by atomic mass is 10.1. The van der Waals surface area contributed by atoms with E-state index in [1.165, 1.54) is 10.9 Å². The van der Waals surface area contributed by atoms with Gasteiger partial charge in [0.15, 0.2) is 0 Å². The van der Waals surface area contributed by atoms with Crippen molar-refractivity contribution in [3.8, 4) is 11.1 Å². The lowest BCUT2D eigenvalue weighted by Gasteiger charge is -2.06. The Morgan fingerprint density at radius 2 is 1.93 bits per heavy atom. The monoisotopic (exact) mass is 360 g/mol. The Bertz CT molecular complexity index is 1210. The molecule has 27 heavy (non-hydrogen) atoms. The molecule has 1 amide bonds. The second kappa shape index (κ2) is 6.53. The third-order valence-electron chi connectivity index (χ3n) is 4.33. The first kappa shape index (κ1) is 16.7. The summed E-state index contributed by atoms with van der Waals surface area (Å²) in [4.78, 5) is 29.0. The van der Waals surface area contributed by atoms with E-state index in [-0.39, 0.29) is 17.4 Å². The Balaban J connectivity index is 1.69. The lowest BCUT2D eigenvalue weighted by molar-refractivity contribution is 0.102. The van der Waals surface area contributed by atoms with Gasteiger partial charge in [-0.25, -0.2) is 4.98 Å². The molecule has 134 valence electrons. The van der Waals surface area contributed by atoms with Crippen LogP contribution in [-0.4, -0.2) is 20.6 Å². The van der Waals surface area contributed by atoms with Crippen LogP contribution in [-0.2, 0) is 7.05 Å². The minimum absolute atomic E-state index is 0.163. The third kappa shape index (κ3) is 2.99. The molecule has 2 heterocycles. The van der Waals surface area contributed by atoms with E-state index in [1.54, 1.807) is 25.2 Å². The summed E-state index contributed by atoms with van der Waals surface area (Å²) in [6, 6.07) is 14.3. The molecule has 0 aliphatic carbocycles. The van der Waals surface area contributed by atoms with Crippen LogP contribution in [0.25, 0.3) is 22.0 Å². The van der Waals surface area contributed by atoms with E-state index < -0.39 is 0 Å². The molecule has 0 radical (unpaired) electrons. The van der Waals surface area contributed by atoms with Gasteiger partial charge in [-0.15, -0.1) is 0 Å². The van der Waals surface area contributed by atoms with Crippen LogP contribution in [0.5, 0.6) is 0 Å². The van der Waals surface area contributed by atoms with Gasteiger partial charge < -0.3 is 9.09 Å². The summed E-state index contributed by atoms with van der Waals surface area (Å²) < 4.78 is 6.71. The Labute approximate surface area is 154 Å². The highest BCUT2D eigenvalue weighted by molar-refractivity contribution is 6.07. The first-order chi connectivity index (χ1) is 13.0. The molecule has 2 aromatic carbocycles. The van der Waals surface area contributed by atoms with E-state index in [4.69, 9.17) is 4.52 Å². The van der Waals surface area contributed by atoms with Crippen LogP contribution < -0.4 is 10.9 Å². The van der Waals surface area contributed by atoms with Crippen molar-refractivity contribution in [3.05, 3.63) is 76.5 Å². The molecule has 2 aromatic heterocycles. The predicted molar refractivity (Wildman–Crippen MR) is 102 cm³/mol. The Kier molecular flexibility index (Phi) is 4.04. The van der Waals surface area contributed by atoms with Crippen molar-refractivity contribution >= 4 is 22.7 Å². The average Bonchev–Trinajstić information content (AvgIpc) is 3.05. The number of hydrogen-bond acceptors (Lipinski definition) is 5. The standard InChI is InChI=1S/C20H16N4O3/c1-12-17(13-6-4-3-5-7-13)19(27-23-12)22-18(25)14-8-9-15-16(10-14)21-11-24(2)20(15)26/h3-11H,1-2H3,(H,22,25). The molecular weight excluding hydrogens is 344 g/mol. The minimum atomic E-state index is -0.368. The largest absolute Gasteiger partial charge is 0.337 e. The Morgan fingerprint density at radius 1 is 1.15 bits per heavy atom. The second-order valence-corrected chi connectivity index (χ2v) is 6.18. The van der Waals surface area contributed by atoms with Crippen molar-refractivity contribution < 1.29 is 9.32 Å². The van der Waals surface area contributed by atoms with Crippen molar-refractivity contribution in [2.24, 2.45) is 7.05 Å². The quantitative estimate of drug-likeness (QED) is 0.606. The molecule has 0 unspecified atom stereocenters. The highest BCUT2D eigenvalue weighted by atomic mass is 16.5. The number of amides is 1. The van der Waals surface area contributed by atoms with Gasteiger partial charge in [-0.2, -0.15) is 0 Å². The fraction of sp³-hybridized carbons (Fsp3) is 0.100. The van der Waals surface area contributed by atoms with Crippen molar-refractivity contribution in [1.82, 2.24) is 14.7 Å². The number of nitrogens with one attached hydrogen (secondary N) is 1. The molecule has 0 aliphatic heterocycles. The number of benzene rings is 2. The fourth-order valence-electron chi connectivity index (χ4n) is 2.93. The Hall–Kier alpha value is -3.74. The number of nitrogens with zero attached hydrogens (tertiary/aromatic N) is 3. The van der Waals surface area contributed by atoms with E-state index in [1.807, 2.05) is 37.3 Å². The summed E-state index contributed by atoms with van der Waals surface area (Å²) in [6.45, 7) is 1.82. The number of fused-ring (bicyclic) bond motifs is 1. The van der Waals surface area contributed by atoms with Gasteiger partial charge in [-0.1, -0.05) is 35.5 Å². The normalized spacial score (nSPS) is 10.9. The van der Waals surface area contributed by atoms with Gasteiger partial charge in [0.25, 0.3) is 11.5 Å². The van der Waals surface area contributed by atoms with Crippen LogP contribution in [0.2, 0.25) is 0 Å². The first-order valence-corrected chi connectivity index (χ1v) is 8.33. The molecule has 0 atom stereocenters. The van der Waals surface area contributed by atoms with Crippen molar-refractivity contribution in [2.45, 2.75) is 6.92 Å². The van der Waals surface area contributed by atoms with E-state index in [0.29, 0.717) is 22.2 Å². The maximum atomic E-state index is 12.7. The van der Waals surface area contributed by atoms with E-state index in [0.717, 1.165) is 11.1 Å². The minimum Gasteiger partial charge on any atom is -0.337 e. The highest BCUT2D eigenvalue weighted by Crippen LogP contribution is 2.31. The second-order valence-electron chi connectivity index (χ2n) is 6.18. The van der Waals surface area contributed by atoms with Gasteiger partial charge in [-0.05, 0) is 30.7 Å². The topological polar surface area (TPSA) is 90.0 Å². The zero-order valence-corrected chi connectivity index (χ0v) is 14.8. The first-order valence-electron chi connectivity index (χ1n) is 8.33. The summed E-state index contributed by atoms with van der Waals surface area (Å²) in [5, 5.41) is 7.18. The molecule has 1 N–H and O–H groups in total. The summed E-state index contributed by atoms with van der Waals surface area (Å²) in [7, 11) is 1.63. The SMILES string of the molecule is Cc1noc(NC(=O)c2ccc3c(=O)n(C)cnc3c2)c1-c1ccccc1. The zero-order valence-electron chi connectivity index (χ0n) is 14.8. The van der Waals surface area contributed by atoms with Crippen LogP contribution in [0.3, 0.4) is 0 Å². The molecule has 0 spiro atoms. The molecule has 0 saturated heterocycles. The number of aromatic nitrogens is 3. The molecule has 0 saturated carbocycles. The van der Waals surface area contributed by atoms with Gasteiger partial charge in [0.1, 0.15) is 0 Å². The average molecular weight is 360 g/mol. The molecular formula is C20H16N4O3. The molecule has 7 heteroatoms. The van der Waals surface area contributed by atoms with Gasteiger partial charge in [0.05, 0.1) is 28.5 Å². The number of carbonyl (C=O) groups is 1. The fourth-order valence-corrected chi connectivity index (χ4v) is 2.93. The van der Waals surface area contributed by atoms with Gasteiger partial charge in [-0.3, -0.25) is 14.9 Å². The Morgan fingerprint density at radius 3 is 2.70 bits per heavy atom. The van der Waals surface area contributed by atoms with E-state index in [2.05, 4.69) is 15.5 Å². The van der Waals surface area contributed by atoms with Crippen molar-refractivity contribution in [1.29, 1.82) is 0 Å². The summed E-state index contributed by atoms with van der Waals surface area (Å²) >= 11 is 0. The smallest absolute Gasteiger partial charge is 0.260 e. The van der Waals surface area contributed by atoms with Crippen LogP contribution in [0, 0.1) is 6.92 Å². The lowest BCUT2D eigenvalue weighted by Crippen LogP contribution is -2.18. The number of anilines is 1. The summed E-state index contributed by atoms with van der Waals surface area (Å²) in [5.74, 6) is -0.0894. The third-order valence-corrected chi connectivity index (χ3v) is 4.33. The maximum Gasteiger partial charge on any atom is 0.260 e. The molecule has 0 fully saturated rings.